The molecule has 0 saturated heterocycles. The van der Waals surface area contributed by atoms with Crippen molar-refractivity contribution in [3.05, 3.63) is 29.5 Å². The highest BCUT2D eigenvalue weighted by molar-refractivity contribution is 6.07. The Morgan fingerprint density at radius 2 is 2.00 bits per heavy atom. The van der Waals surface area contributed by atoms with Gasteiger partial charge in [0.2, 0.25) is 5.91 Å². The Bertz CT molecular complexity index is 758. The number of amides is 1. The summed E-state index contributed by atoms with van der Waals surface area (Å²) >= 11 is 0. The number of hydrogen-bond acceptors (Lipinski definition) is 1. The monoisotopic (exact) mass is 312 g/mol. The van der Waals surface area contributed by atoms with Crippen molar-refractivity contribution in [1.29, 1.82) is 0 Å². The average molecular weight is 312 g/mol. The molecule has 4 heteroatoms. The first-order chi connectivity index (χ1) is 11.2. The van der Waals surface area contributed by atoms with Gasteiger partial charge in [0, 0.05) is 11.1 Å². The summed E-state index contributed by atoms with van der Waals surface area (Å²) in [6, 6.07) is 6.49. The summed E-state index contributed by atoms with van der Waals surface area (Å²) in [7, 11) is 0. The van der Waals surface area contributed by atoms with Crippen LogP contribution in [-0.4, -0.2) is 36.7 Å². The summed E-state index contributed by atoms with van der Waals surface area (Å²) in [5, 5.41) is 1.38. The lowest BCUT2D eigenvalue weighted by molar-refractivity contribution is -0.894. The number of carbonyl (C=O) groups is 1. The number of anilines is 1. The highest BCUT2D eigenvalue weighted by Crippen LogP contribution is 2.39. The molecule has 2 aliphatic rings. The Kier molecular flexibility index (Phi) is 3.64. The van der Waals surface area contributed by atoms with Crippen LogP contribution < -0.4 is 9.80 Å². The van der Waals surface area contributed by atoms with Crippen molar-refractivity contribution < 1.29 is 9.69 Å². The molecule has 1 amide bonds. The quantitative estimate of drug-likeness (QED) is 0.889. The van der Waals surface area contributed by atoms with E-state index in [0.29, 0.717) is 6.54 Å². The van der Waals surface area contributed by atoms with Gasteiger partial charge in [-0.05, 0) is 44.7 Å². The lowest BCUT2D eigenvalue weighted by atomic mass is 10.1. The van der Waals surface area contributed by atoms with Crippen LogP contribution in [0.5, 0.6) is 0 Å². The predicted octanol–water partition coefficient (Wildman–Crippen LogP) is 1.40. The van der Waals surface area contributed by atoms with Gasteiger partial charge in [-0.2, -0.15) is 0 Å². The maximum Gasteiger partial charge on any atom is 0.247 e. The van der Waals surface area contributed by atoms with Crippen LogP contribution in [0.25, 0.3) is 10.9 Å². The lowest BCUT2D eigenvalue weighted by Gasteiger charge is -2.30. The van der Waals surface area contributed by atoms with Crippen molar-refractivity contribution in [1.82, 2.24) is 4.57 Å². The maximum atomic E-state index is 12.8. The molecule has 0 atom stereocenters. The number of likely N-dealkylation sites (N-methyl/N-ethyl adjacent to an activating group) is 1. The van der Waals surface area contributed by atoms with Crippen molar-refractivity contribution in [2.45, 2.75) is 39.7 Å². The van der Waals surface area contributed by atoms with Gasteiger partial charge in [0.25, 0.3) is 0 Å². The van der Waals surface area contributed by atoms with Crippen LogP contribution >= 0.6 is 0 Å². The number of fused-ring (bicyclic) bond motifs is 3. The number of aryl methyl sites for hydroxylation is 1. The Morgan fingerprint density at radius 1 is 1.17 bits per heavy atom. The van der Waals surface area contributed by atoms with Gasteiger partial charge in [0.05, 0.1) is 37.4 Å². The molecule has 0 fully saturated rings. The number of rotatable bonds is 5. The fourth-order valence-corrected chi connectivity index (χ4v) is 4.38. The van der Waals surface area contributed by atoms with Crippen molar-refractivity contribution >= 4 is 22.5 Å². The Labute approximate surface area is 137 Å². The van der Waals surface area contributed by atoms with E-state index in [0.717, 1.165) is 38.3 Å². The zero-order chi connectivity index (χ0) is 16.0. The molecule has 1 aromatic heterocycles. The number of quaternary nitrogens is 1. The summed E-state index contributed by atoms with van der Waals surface area (Å²) in [5.41, 5.74) is 5.33. The van der Waals surface area contributed by atoms with Gasteiger partial charge in [-0.1, -0.05) is 12.1 Å². The van der Waals surface area contributed by atoms with Crippen LogP contribution in [0.15, 0.2) is 18.2 Å². The Morgan fingerprint density at radius 3 is 2.78 bits per heavy atom. The molecule has 4 rings (SSSR count). The van der Waals surface area contributed by atoms with E-state index in [9.17, 15) is 4.79 Å². The highest BCUT2D eigenvalue weighted by Gasteiger charge is 2.31. The molecule has 1 aliphatic heterocycles. The molecule has 0 radical (unpaired) electrons. The van der Waals surface area contributed by atoms with Crippen molar-refractivity contribution in [3.8, 4) is 0 Å². The molecule has 4 nitrogen and oxygen atoms in total. The van der Waals surface area contributed by atoms with E-state index in [4.69, 9.17) is 0 Å². The van der Waals surface area contributed by atoms with Crippen LogP contribution in [0.3, 0.4) is 0 Å². The molecule has 23 heavy (non-hydrogen) atoms. The van der Waals surface area contributed by atoms with Gasteiger partial charge in [-0.15, -0.1) is 0 Å². The number of aromatic nitrogens is 1. The van der Waals surface area contributed by atoms with Crippen LogP contribution in [-0.2, 0) is 24.2 Å². The van der Waals surface area contributed by atoms with E-state index in [2.05, 4.69) is 36.6 Å². The number of para-hydroxylation sites is 1. The third-order valence-electron chi connectivity index (χ3n) is 5.70. The Balaban J connectivity index is 1.75. The molecule has 0 unspecified atom stereocenters. The first kappa shape index (κ1) is 14.8. The maximum absolute atomic E-state index is 12.8. The van der Waals surface area contributed by atoms with Gasteiger partial charge in [-0.25, -0.2) is 0 Å². The van der Waals surface area contributed by atoms with Gasteiger partial charge in [-0.3, -0.25) is 4.79 Å². The normalized spacial score (nSPS) is 16.7. The minimum absolute atomic E-state index is 0.252. The number of benzene rings is 1. The first-order valence-electron chi connectivity index (χ1n) is 9.01. The van der Waals surface area contributed by atoms with Crippen LogP contribution in [0.1, 0.15) is 31.5 Å². The molecular formula is C19H26N3O+. The topological polar surface area (TPSA) is 29.7 Å². The summed E-state index contributed by atoms with van der Waals surface area (Å²) in [6.45, 7) is 9.04. The number of nitrogens with zero attached hydrogens (tertiary/aromatic N) is 2. The largest absolute Gasteiger partial charge is 0.334 e. The molecule has 122 valence electrons. The SMILES string of the molecule is CC[NH+](CC)CCN1C(=O)Cn2c3c(c4cccc1c42)CCC3. The van der Waals surface area contributed by atoms with Crippen LogP contribution in [0.2, 0.25) is 0 Å². The van der Waals surface area contributed by atoms with E-state index in [1.807, 2.05) is 4.90 Å². The van der Waals surface area contributed by atoms with E-state index in [1.54, 1.807) is 4.90 Å². The van der Waals surface area contributed by atoms with E-state index in [1.165, 1.54) is 35.0 Å². The van der Waals surface area contributed by atoms with Crippen molar-refractivity contribution in [3.63, 3.8) is 0 Å². The van der Waals surface area contributed by atoms with Crippen molar-refractivity contribution in [2.75, 3.05) is 31.1 Å². The van der Waals surface area contributed by atoms with Crippen LogP contribution in [0.4, 0.5) is 5.69 Å². The fourth-order valence-electron chi connectivity index (χ4n) is 4.38. The predicted molar refractivity (Wildman–Crippen MR) is 93.2 cm³/mol. The molecule has 2 aromatic rings. The molecule has 0 saturated carbocycles. The smallest absolute Gasteiger partial charge is 0.247 e. The summed E-state index contributed by atoms with van der Waals surface area (Å²) in [6.07, 6.45) is 3.52. The lowest BCUT2D eigenvalue weighted by Crippen LogP contribution is -3.12. The summed E-state index contributed by atoms with van der Waals surface area (Å²) in [4.78, 5) is 16.4. The molecule has 1 N–H and O–H groups in total. The summed E-state index contributed by atoms with van der Waals surface area (Å²) < 4.78 is 2.30. The van der Waals surface area contributed by atoms with Gasteiger partial charge in [0.15, 0.2) is 0 Å². The molecular weight excluding hydrogens is 286 g/mol. The van der Waals surface area contributed by atoms with Gasteiger partial charge >= 0.3 is 0 Å². The van der Waals surface area contributed by atoms with Gasteiger partial charge in [0.1, 0.15) is 6.54 Å². The van der Waals surface area contributed by atoms with Crippen molar-refractivity contribution in [2.24, 2.45) is 0 Å². The van der Waals surface area contributed by atoms with E-state index < -0.39 is 0 Å². The second-order valence-corrected chi connectivity index (χ2v) is 6.79. The fraction of sp³-hybridized carbons (Fsp3) is 0.526. The molecule has 0 spiro atoms. The van der Waals surface area contributed by atoms with Gasteiger partial charge < -0.3 is 14.4 Å². The molecule has 1 aliphatic carbocycles. The zero-order valence-corrected chi connectivity index (χ0v) is 14.2. The number of nitrogens with one attached hydrogen (secondary N) is 1. The number of carbonyl (C=O) groups excluding carboxylic acids is 1. The van der Waals surface area contributed by atoms with Crippen LogP contribution in [0, 0.1) is 0 Å². The third-order valence-corrected chi connectivity index (χ3v) is 5.70. The second kappa shape index (κ2) is 5.68. The third kappa shape index (κ3) is 2.19. The average Bonchev–Trinajstić information content (AvgIpc) is 3.15. The summed E-state index contributed by atoms with van der Waals surface area (Å²) in [5.74, 6) is 0.252. The minimum Gasteiger partial charge on any atom is -0.334 e. The van der Waals surface area contributed by atoms with E-state index in [-0.39, 0.29) is 5.91 Å². The zero-order valence-electron chi connectivity index (χ0n) is 14.2. The number of hydrogen-bond donors (Lipinski definition) is 1. The Hall–Kier alpha value is -1.81. The first-order valence-corrected chi connectivity index (χ1v) is 9.01. The highest BCUT2D eigenvalue weighted by atomic mass is 16.2. The standard InChI is InChI=1S/C19H25N3O/c1-3-20(4-2)11-12-21-17-10-6-8-15-14-7-5-9-16(14)22(19(15)17)13-18(21)23/h6,8,10H,3-5,7,9,11-13H2,1-2H3/p+1. The molecule has 2 heterocycles. The minimum atomic E-state index is 0.252. The van der Waals surface area contributed by atoms with E-state index >= 15 is 0 Å². The second-order valence-electron chi connectivity index (χ2n) is 6.79. The molecule has 1 aromatic carbocycles. The molecule has 0 bridgehead atoms.